The molecule has 1 amide bonds. The summed E-state index contributed by atoms with van der Waals surface area (Å²) in [5, 5.41) is 6.32. The predicted molar refractivity (Wildman–Crippen MR) is 136 cm³/mol. The Balaban J connectivity index is 1.18. The Morgan fingerprint density at radius 3 is 2.54 bits per heavy atom. The van der Waals surface area contributed by atoms with Crippen molar-refractivity contribution in [3.05, 3.63) is 61.3 Å². The second-order valence-electron chi connectivity index (χ2n) is 9.18. The first-order chi connectivity index (χ1) is 18.7. The zero-order valence-corrected chi connectivity index (χ0v) is 23.2. The van der Waals surface area contributed by atoms with Gasteiger partial charge < -0.3 is 19.1 Å². The molecule has 1 aromatic carbocycles. The first kappa shape index (κ1) is 28.0. The molecule has 4 heterocycles. The molecule has 2 aliphatic rings. The number of carbonyl (C=O) groups is 1. The Labute approximate surface area is 234 Å². The van der Waals surface area contributed by atoms with E-state index in [0.29, 0.717) is 55.6 Å². The number of amides is 1. The first-order valence-corrected chi connectivity index (χ1v) is 13.9. The predicted octanol–water partition coefficient (Wildman–Crippen LogP) is 6.14. The summed E-state index contributed by atoms with van der Waals surface area (Å²) in [4.78, 5) is 19.1. The fraction of sp³-hybridized carbons (Fsp3) is 0.480. The number of carbonyl (C=O) groups excluding carboxylic acids is 1. The van der Waals surface area contributed by atoms with E-state index in [1.165, 1.54) is 11.3 Å². The Kier molecular flexibility index (Phi) is 8.55. The molecule has 0 spiro atoms. The average Bonchev–Trinajstić information content (AvgIpc) is 3.52. The molecule has 1 fully saturated rings. The van der Waals surface area contributed by atoms with Gasteiger partial charge >= 0.3 is 0 Å². The van der Waals surface area contributed by atoms with Gasteiger partial charge in [-0.3, -0.25) is 9.48 Å². The molecule has 14 heteroatoms. The number of ether oxygens (including phenoxy) is 3. The van der Waals surface area contributed by atoms with Gasteiger partial charge in [-0.15, -0.1) is 11.3 Å². The number of methoxy groups -OCH3 is 1. The normalized spacial score (nSPS) is 18.5. The van der Waals surface area contributed by atoms with Crippen molar-refractivity contribution in [3.63, 3.8) is 0 Å². The van der Waals surface area contributed by atoms with Crippen LogP contribution in [0.3, 0.4) is 0 Å². The molecule has 2 aliphatic heterocycles. The number of rotatable bonds is 7. The van der Waals surface area contributed by atoms with Gasteiger partial charge in [-0.05, 0) is 31.0 Å². The maximum Gasteiger partial charge on any atom is 0.282 e. The van der Waals surface area contributed by atoms with Crippen LogP contribution in [-0.2, 0) is 34.0 Å². The van der Waals surface area contributed by atoms with Crippen molar-refractivity contribution in [1.82, 2.24) is 19.7 Å². The number of nitrogens with zero attached hydrogens (tertiary/aromatic N) is 4. The molecule has 0 aliphatic carbocycles. The van der Waals surface area contributed by atoms with Crippen molar-refractivity contribution >= 4 is 33.2 Å². The Hall–Kier alpha value is -2.55. The van der Waals surface area contributed by atoms with E-state index in [-0.39, 0.29) is 5.92 Å². The van der Waals surface area contributed by atoms with Crippen LogP contribution < -0.4 is 4.74 Å². The minimum absolute atomic E-state index is 0.108. The lowest BCUT2D eigenvalue weighted by molar-refractivity contribution is -0.155. The van der Waals surface area contributed by atoms with Gasteiger partial charge in [-0.1, -0.05) is 15.9 Å². The molecular weight excluding hydrogens is 608 g/mol. The number of fused-ring (bicyclic) bond motifs is 1. The van der Waals surface area contributed by atoms with Gasteiger partial charge in [0.25, 0.3) is 12.9 Å². The molecule has 1 unspecified atom stereocenters. The zero-order valence-electron chi connectivity index (χ0n) is 20.8. The van der Waals surface area contributed by atoms with Crippen LogP contribution in [0.2, 0.25) is 0 Å². The summed E-state index contributed by atoms with van der Waals surface area (Å²) < 4.78 is 71.5. The van der Waals surface area contributed by atoms with Crippen LogP contribution in [-0.4, -0.2) is 45.8 Å². The minimum Gasteiger partial charge on any atom is -0.496 e. The van der Waals surface area contributed by atoms with Gasteiger partial charge in [0.1, 0.15) is 29.4 Å². The summed E-state index contributed by atoms with van der Waals surface area (Å²) >= 11 is 5.06. The van der Waals surface area contributed by atoms with Crippen LogP contribution in [0.1, 0.15) is 71.1 Å². The van der Waals surface area contributed by atoms with Crippen LogP contribution in [0.25, 0.3) is 0 Å². The number of aromatic nitrogens is 3. The molecule has 0 N–H and O–H groups in total. The summed E-state index contributed by atoms with van der Waals surface area (Å²) in [5.41, 5.74) is 1.09. The van der Waals surface area contributed by atoms with Gasteiger partial charge in [-0.2, -0.15) is 5.10 Å². The van der Waals surface area contributed by atoms with E-state index in [1.54, 1.807) is 12.0 Å². The second kappa shape index (κ2) is 11.9. The number of likely N-dealkylation sites (tertiary alicyclic amines) is 1. The van der Waals surface area contributed by atoms with E-state index >= 15 is 0 Å². The fourth-order valence-corrected chi connectivity index (χ4v) is 6.22. The average molecular weight is 633 g/mol. The van der Waals surface area contributed by atoms with Gasteiger partial charge in [0, 0.05) is 40.0 Å². The van der Waals surface area contributed by atoms with E-state index in [1.807, 2.05) is 17.5 Å². The lowest BCUT2D eigenvalue weighted by Gasteiger charge is -2.31. The summed E-state index contributed by atoms with van der Waals surface area (Å²) in [7, 11) is 1.61. The van der Waals surface area contributed by atoms with Crippen molar-refractivity contribution in [1.29, 1.82) is 0 Å². The van der Waals surface area contributed by atoms with Crippen LogP contribution in [0.15, 0.2) is 28.1 Å². The topological polar surface area (TPSA) is 78.7 Å². The zero-order chi connectivity index (χ0) is 27.7. The van der Waals surface area contributed by atoms with Crippen LogP contribution in [0.5, 0.6) is 5.75 Å². The van der Waals surface area contributed by atoms with Crippen molar-refractivity contribution < 1.29 is 36.6 Å². The van der Waals surface area contributed by atoms with E-state index in [2.05, 4.69) is 21.0 Å². The number of thiazole rings is 1. The smallest absolute Gasteiger partial charge is 0.282 e. The lowest BCUT2D eigenvalue weighted by Crippen LogP contribution is -2.40. The van der Waals surface area contributed by atoms with Gasteiger partial charge in [0.2, 0.25) is 12.2 Å². The van der Waals surface area contributed by atoms with Crippen LogP contribution in [0, 0.1) is 0 Å². The third kappa shape index (κ3) is 5.98. The molecule has 2 aromatic heterocycles. The van der Waals surface area contributed by atoms with Crippen LogP contribution >= 0.6 is 27.3 Å². The number of alkyl halides is 4. The molecule has 0 radical (unpaired) electrons. The molecular formula is C25H25BrF4N4O4S. The summed E-state index contributed by atoms with van der Waals surface area (Å²) in [6, 6.07) is 4.43. The molecule has 210 valence electrons. The summed E-state index contributed by atoms with van der Waals surface area (Å²) in [6.07, 6.45) is -5.39. The van der Waals surface area contributed by atoms with Crippen LogP contribution in [0.4, 0.5) is 17.6 Å². The summed E-state index contributed by atoms with van der Waals surface area (Å²) in [6.45, 7) is 0.903. The number of hydrogen-bond acceptors (Lipinski definition) is 7. The highest BCUT2D eigenvalue weighted by Crippen LogP contribution is 2.38. The molecule has 1 atom stereocenters. The number of halogens is 5. The van der Waals surface area contributed by atoms with E-state index < -0.39 is 43.0 Å². The molecule has 0 bridgehead atoms. The SMILES string of the molecule is COc1ccc(Br)c2c1COC(c1csc(C3CCN(C(=O)Cn4nc(C(F)F)cc4C(F)F)CC3)n1)OC2. The van der Waals surface area contributed by atoms with E-state index in [4.69, 9.17) is 19.2 Å². The highest BCUT2D eigenvalue weighted by Gasteiger charge is 2.30. The van der Waals surface area contributed by atoms with Gasteiger partial charge in [0.15, 0.2) is 0 Å². The van der Waals surface area contributed by atoms with Gasteiger partial charge in [0.05, 0.1) is 25.3 Å². The lowest BCUT2D eigenvalue weighted by atomic mass is 9.97. The Bertz CT molecular complexity index is 1330. The fourth-order valence-electron chi connectivity index (χ4n) is 4.75. The second-order valence-corrected chi connectivity index (χ2v) is 10.9. The molecule has 8 nitrogen and oxygen atoms in total. The third-order valence-electron chi connectivity index (χ3n) is 6.85. The van der Waals surface area contributed by atoms with Crippen molar-refractivity contribution in [2.75, 3.05) is 20.2 Å². The molecule has 5 rings (SSSR count). The van der Waals surface area contributed by atoms with E-state index in [9.17, 15) is 22.4 Å². The molecule has 3 aromatic rings. The molecule has 39 heavy (non-hydrogen) atoms. The van der Waals surface area contributed by atoms with Crippen molar-refractivity contribution in [2.45, 2.75) is 57.7 Å². The highest BCUT2D eigenvalue weighted by molar-refractivity contribution is 9.10. The maximum absolute atomic E-state index is 13.3. The quantitative estimate of drug-likeness (QED) is 0.291. The standard InChI is InChI=1S/C25H25BrF4N4O4S/c1-36-20-3-2-16(26)14-10-37-25(38-11-15(14)20)18-12-39-24(31-18)13-4-6-33(7-5-13)21(35)9-34-19(23(29)30)8-17(32-34)22(27)28/h2-3,8,12-13,22-23,25H,4-7,9-11H2,1H3. The van der Waals surface area contributed by atoms with Gasteiger partial charge in [-0.25, -0.2) is 22.5 Å². The van der Waals surface area contributed by atoms with E-state index in [0.717, 1.165) is 26.4 Å². The van der Waals surface area contributed by atoms with Crippen molar-refractivity contribution in [2.24, 2.45) is 0 Å². The number of piperidine rings is 1. The number of benzene rings is 1. The minimum atomic E-state index is -3.01. The molecule has 0 saturated carbocycles. The largest absolute Gasteiger partial charge is 0.496 e. The highest BCUT2D eigenvalue weighted by atomic mass is 79.9. The molecule has 1 saturated heterocycles. The maximum atomic E-state index is 13.3. The third-order valence-corrected chi connectivity index (χ3v) is 8.62. The van der Waals surface area contributed by atoms with Crippen molar-refractivity contribution in [3.8, 4) is 5.75 Å². The Morgan fingerprint density at radius 1 is 1.15 bits per heavy atom. The first-order valence-electron chi connectivity index (χ1n) is 12.2. The monoisotopic (exact) mass is 632 g/mol. The Morgan fingerprint density at radius 2 is 1.87 bits per heavy atom. The summed E-state index contributed by atoms with van der Waals surface area (Å²) in [5.74, 6) is 0.391. The number of hydrogen-bond donors (Lipinski definition) is 0.